The van der Waals surface area contributed by atoms with Crippen molar-refractivity contribution in [3.63, 3.8) is 0 Å². The van der Waals surface area contributed by atoms with Gasteiger partial charge in [-0.2, -0.15) is 0 Å². The molecule has 0 bridgehead atoms. The summed E-state index contributed by atoms with van der Waals surface area (Å²) in [6.45, 7) is 0. The van der Waals surface area contributed by atoms with Crippen LogP contribution < -0.4 is 0 Å². The molecule has 0 aliphatic carbocycles. The molecule has 0 amide bonds. The number of carbonyl (C=O) groups is 1. The Labute approximate surface area is 113 Å². The van der Waals surface area contributed by atoms with Crippen LogP contribution in [-0.2, 0) is 11.2 Å². The van der Waals surface area contributed by atoms with E-state index in [1.807, 2.05) is 12.1 Å². The van der Waals surface area contributed by atoms with Gasteiger partial charge in [-0.1, -0.05) is 29.3 Å². The van der Waals surface area contributed by atoms with Crippen molar-refractivity contribution < 1.29 is 4.79 Å². The summed E-state index contributed by atoms with van der Waals surface area (Å²) < 4.78 is 0. The third-order valence-electron chi connectivity index (χ3n) is 2.40. The van der Waals surface area contributed by atoms with Crippen molar-refractivity contribution in [3.05, 3.63) is 40.0 Å². The number of rotatable bonds is 3. The van der Waals surface area contributed by atoms with Crippen LogP contribution in [-0.4, -0.2) is 10.2 Å². The zero-order valence-corrected chi connectivity index (χ0v) is 11.0. The number of carbonyl (C=O) groups excluding carboxylic acids is 1. The fraction of sp³-hybridized carbons (Fsp3) is 0.167. The summed E-state index contributed by atoms with van der Waals surface area (Å²) in [5, 5.41) is 1.57. The summed E-state index contributed by atoms with van der Waals surface area (Å²) in [6, 6.07) is 7.31. The Morgan fingerprint density at radius 1 is 1.24 bits per heavy atom. The molecule has 0 N–H and O–H groups in total. The first-order valence-electron chi connectivity index (χ1n) is 4.99. The minimum Gasteiger partial charge on any atom is -0.281 e. The Kier molecular flexibility index (Phi) is 3.87. The van der Waals surface area contributed by atoms with Crippen molar-refractivity contribution >= 4 is 50.9 Å². The second-order valence-electron chi connectivity index (χ2n) is 3.63. The van der Waals surface area contributed by atoms with Crippen molar-refractivity contribution in [3.8, 4) is 0 Å². The first kappa shape index (κ1) is 12.6. The fourth-order valence-electron chi connectivity index (χ4n) is 1.57. The van der Waals surface area contributed by atoms with Gasteiger partial charge in [0.15, 0.2) is 0 Å². The smallest absolute Gasteiger partial charge is 0.221 e. The highest BCUT2D eigenvalue weighted by molar-refractivity contribution is 6.63. The number of hydrogen-bond donors (Lipinski definition) is 0. The minimum absolute atomic E-state index is 0.252. The van der Waals surface area contributed by atoms with E-state index in [0.29, 0.717) is 16.6 Å². The average Bonchev–Trinajstić information content (AvgIpc) is 2.26. The highest BCUT2D eigenvalue weighted by atomic mass is 35.5. The number of nitrogens with zero attached hydrogens (tertiary/aromatic N) is 1. The molecule has 0 saturated heterocycles. The van der Waals surface area contributed by atoms with E-state index >= 15 is 0 Å². The Morgan fingerprint density at radius 3 is 2.71 bits per heavy atom. The minimum atomic E-state index is -0.378. The van der Waals surface area contributed by atoms with Crippen LogP contribution >= 0.6 is 34.8 Å². The van der Waals surface area contributed by atoms with Crippen LogP contribution in [0.5, 0.6) is 0 Å². The van der Waals surface area contributed by atoms with Crippen molar-refractivity contribution in [1.82, 2.24) is 4.98 Å². The largest absolute Gasteiger partial charge is 0.281 e. The highest BCUT2D eigenvalue weighted by Crippen LogP contribution is 2.24. The third kappa shape index (κ3) is 3.09. The topological polar surface area (TPSA) is 30.0 Å². The van der Waals surface area contributed by atoms with Gasteiger partial charge in [0.1, 0.15) is 5.15 Å². The molecule has 0 fully saturated rings. The normalized spacial score (nSPS) is 10.8. The van der Waals surface area contributed by atoms with Crippen LogP contribution in [0.1, 0.15) is 12.0 Å². The van der Waals surface area contributed by atoms with Gasteiger partial charge in [0, 0.05) is 16.8 Å². The molecule has 0 unspecified atom stereocenters. The summed E-state index contributed by atoms with van der Waals surface area (Å²) in [6.07, 6.45) is 0.745. The second-order valence-corrected chi connectivity index (χ2v) is 4.85. The van der Waals surface area contributed by atoms with E-state index in [4.69, 9.17) is 34.8 Å². The maximum atomic E-state index is 10.7. The van der Waals surface area contributed by atoms with Crippen LogP contribution in [0, 0.1) is 0 Å². The number of aromatic nitrogens is 1. The lowest BCUT2D eigenvalue weighted by molar-refractivity contribution is -0.111. The lowest BCUT2D eigenvalue weighted by Crippen LogP contribution is -1.95. The molecule has 0 aliphatic heterocycles. The van der Waals surface area contributed by atoms with Crippen molar-refractivity contribution in [2.75, 3.05) is 0 Å². The zero-order chi connectivity index (χ0) is 12.4. The number of hydrogen-bond acceptors (Lipinski definition) is 2. The summed E-state index contributed by atoms with van der Waals surface area (Å²) in [5.74, 6) is 0. The summed E-state index contributed by atoms with van der Waals surface area (Å²) in [5.41, 5.74) is 1.55. The lowest BCUT2D eigenvalue weighted by atomic mass is 10.1. The number of pyridine rings is 1. The second kappa shape index (κ2) is 5.21. The van der Waals surface area contributed by atoms with Crippen LogP contribution in [0.2, 0.25) is 10.2 Å². The van der Waals surface area contributed by atoms with E-state index < -0.39 is 0 Å². The molecule has 88 valence electrons. The first-order chi connectivity index (χ1) is 8.06. The standard InChI is InChI=1S/C12H8Cl3NO/c13-9-3-1-7-5-8(2-4-11(14)17)12(15)16-10(7)6-9/h1,3,5-6H,2,4H2. The highest BCUT2D eigenvalue weighted by Gasteiger charge is 2.07. The molecule has 1 heterocycles. The van der Waals surface area contributed by atoms with E-state index in [0.717, 1.165) is 16.5 Å². The summed E-state index contributed by atoms with van der Waals surface area (Å²) in [7, 11) is 0. The molecular weight excluding hydrogens is 280 g/mol. The maximum Gasteiger partial charge on any atom is 0.221 e. The van der Waals surface area contributed by atoms with E-state index in [1.165, 1.54) is 0 Å². The summed E-state index contributed by atoms with van der Waals surface area (Å²) in [4.78, 5) is 15.0. The lowest BCUT2D eigenvalue weighted by Gasteiger charge is -2.05. The summed E-state index contributed by atoms with van der Waals surface area (Å²) >= 11 is 17.2. The molecular formula is C12H8Cl3NO. The third-order valence-corrected chi connectivity index (χ3v) is 3.15. The fourth-order valence-corrected chi connectivity index (χ4v) is 2.07. The van der Waals surface area contributed by atoms with Crippen molar-refractivity contribution in [2.24, 2.45) is 0 Å². The SMILES string of the molecule is O=C(Cl)CCc1cc2ccc(Cl)cc2nc1Cl. The molecule has 0 atom stereocenters. The van der Waals surface area contributed by atoms with E-state index in [9.17, 15) is 4.79 Å². The molecule has 0 aliphatic rings. The van der Waals surface area contributed by atoms with Crippen molar-refractivity contribution in [2.45, 2.75) is 12.8 Å². The van der Waals surface area contributed by atoms with Crippen LogP contribution in [0.15, 0.2) is 24.3 Å². The van der Waals surface area contributed by atoms with Crippen LogP contribution in [0.3, 0.4) is 0 Å². The van der Waals surface area contributed by atoms with E-state index in [2.05, 4.69) is 4.98 Å². The number of halogens is 3. The zero-order valence-electron chi connectivity index (χ0n) is 8.71. The van der Waals surface area contributed by atoms with Gasteiger partial charge in [-0.25, -0.2) is 4.98 Å². The predicted molar refractivity (Wildman–Crippen MR) is 70.9 cm³/mol. The molecule has 17 heavy (non-hydrogen) atoms. The average molecular weight is 289 g/mol. The van der Waals surface area contributed by atoms with Gasteiger partial charge in [-0.15, -0.1) is 0 Å². The van der Waals surface area contributed by atoms with Gasteiger partial charge < -0.3 is 0 Å². The van der Waals surface area contributed by atoms with Gasteiger partial charge in [-0.3, -0.25) is 4.79 Å². The van der Waals surface area contributed by atoms with Crippen molar-refractivity contribution in [1.29, 1.82) is 0 Å². The quantitative estimate of drug-likeness (QED) is 0.624. The molecule has 2 rings (SSSR count). The van der Waals surface area contributed by atoms with Gasteiger partial charge >= 0.3 is 0 Å². The number of benzene rings is 1. The molecule has 1 aromatic heterocycles. The molecule has 2 nitrogen and oxygen atoms in total. The van der Waals surface area contributed by atoms with Gasteiger partial charge in [0.25, 0.3) is 0 Å². The van der Waals surface area contributed by atoms with E-state index in [1.54, 1.807) is 12.1 Å². The molecule has 1 aromatic carbocycles. The Hall–Kier alpha value is -0.830. The predicted octanol–water partition coefficient (Wildman–Crippen LogP) is 4.24. The first-order valence-corrected chi connectivity index (χ1v) is 6.12. The Balaban J connectivity index is 2.41. The van der Waals surface area contributed by atoms with Crippen LogP contribution in [0.25, 0.3) is 10.9 Å². The van der Waals surface area contributed by atoms with Crippen LogP contribution in [0.4, 0.5) is 0 Å². The molecule has 0 saturated carbocycles. The molecule has 0 radical (unpaired) electrons. The molecule has 5 heteroatoms. The molecule has 2 aromatic rings. The van der Waals surface area contributed by atoms with Gasteiger partial charge in [0.2, 0.25) is 5.24 Å². The van der Waals surface area contributed by atoms with Gasteiger partial charge in [-0.05, 0) is 41.8 Å². The molecule has 0 spiro atoms. The monoisotopic (exact) mass is 287 g/mol. The Morgan fingerprint density at radius 2 is 2.00 bits per heavy atom. The number of aryl methyl sites for hydroxylation is 1. The maximum absolute atomic E-state index is 10.7. The number of fused-ring (bicyclic) bond motifs is 1. The van der Waals surface area contributed by atoms with Gasteiger partial charge in [0.05, 0.1) is 5.52 Å². The van der Waals surface area contributed by atoms with E-state index in [-0.39, 0.29) is 11.7 Å². The Bertz CT molecular complexity index is 583.